The van der Waals surface area contributed by atoms with Crippen molar-refractivity contribution in [1.82, 2.24) is 19.7 Å². The van der Waals surface area contributed by atoms with E-state index < -0.39 is 6.10 Å². The molecule has 0 fully saturated rings. The Morgan fingerprint density at radius 2 is 2.15 bits per heavy atom. The number of aliphatic hydroxyl groups excluding tert-OH is 1. The molecule has 0 radical (unpaired) electrons. The molecule has 108 valence electrons. The van der Waals surface area contributed by atoms with Crippen molar-refractivity contribution in [2.75, 3.05) is 20.6 Å². The van der Waals surface area contributed by atoms with Crippen LogP contribution in [-0.4, -0.2) is 45.4 Å². The third-order valence-electron chi connectivity index (χ3n) is 3.23. The van der Waals surface area contributed by atoms with Gasteiger partial charge in [-0.3, -0.25) is 9.67 Å². The van der Waals surface area contributed by atoms with Crippen molar-refractivity contribution in [3.05, 3.63) is 46.5 Å². The molecule has 5 nitrogen and oxygen atoms in total. The van der Waals surface area contributed by atoms with Gasteiger partial charge < -0.3 is 10.0 Å². The fourth-order valence-electron chi connectivity index (χ4n) is 2.03. The van der Waals surface area contributed by atoms with Crippen LogP contribution in [0.15, 0.2) is 24.7 Å². The first-order chi connectivity index (χ1) is 9.50. The molecule has 1 atom stereocenters. The van der Waals surface area contributed by atoms with Gasteiger partial charge in [0.25, 0.3) is 0 Å². The van der Waals surface area contributed by atoms with E-state index in [0.717, 1.165) is 17.7 Å². The lowest BCUT2D eigenvalue weighted by Gasteiger charge is -2.17. The molecule has 1 unspecified atom stereocenters. The summed E-state index contributed by atoms with van der Waals surface area (Å²) in [5, 5.41) is 15.3. The molecule has 2 heterocycles. The first-order valence-electron chi connectivity index (χ1n) is 6.45. The van der Waals surface area contributed by atoms with E-state index >= 15 is 0 Å². The number of aromatic nitrogens is 3. The zero-order valence-electron chi connectivity index (χ0n) is 11.9. The molecule has 1 N–H and O–H groups in total. The molecule has 0 spiro atoms. The fourth-order valence-corrected chi connectivity index (χ4v) is 2.27. The Kier molecular flexibility index (Phi) is 4.75. The van der Waals surface area contributed by atoms with Gasteiger partial charge >= 0.3 is 0 Å². The fraction of sp³-hybridized carbons (Fsp3) is 0.429. The van der Waals surface area contributed by atoms with E-state index in [1.54, 1.807) is 23.3 Å². The number of rotatable bonds is 5. The van der Waals surface area contributed by atoms with Crippen LogP contribution in [0.3, 0.4) is 0 Å². The highest BCUT2D eigenvalue weighted by Gasteiger charge is 2.21. The summed E-state index contributed by atoms with van der Waals surface area (Å²) in [5.74, 6) is 0. The van der Waals surface area contributed by atoms with E-state index in [-0.39, 0.29) is 0 Å². The van der Waals surface area contributed by atoms with Gasteiger partial charge in [0, 0.05) is 24.5 Å². The highest BCUT2D eigenvalue weighted by molar-refractivity contribution is 6.31. The van der Waals surface area contributed by atoms with Crippen LogP contribution >= 0.6 is 11.6 Å². The van der Waals surface area contributed by atoms with Crippen LogP contribution in [0.2, 0.25) is 5.02 Å². The van der Waals surface area contributed by atoms with E-state index in [1.165, 1.54) is 0 Å². The van der Waals surface area contributed by atoms with Crippen molar-refractivity contribution in [2.45, 2.75) is 19.6 Å². The monoisotopic (exact) mass is 294 g/mol. The molecule has 6 heteroatoms. The Hall–Kier alpha value is -1.43. The van der Waals surface area contributed by atoms with Crippen LogP contribution in [0.4, 0.5) is 0 Å². The van der Waals surface area contributed by atoms with Crippen LogP contribution in [-0.2, 0) is 6.54 Å². The second kappa shape index (κ2) is 6.35. The van der Waals surface area contributed by atoms with Gasteiger partial charge in [0.2, 0.25) is 0 Å². The SMILES string of the molecule is Cc1ccncc1C(O)c1c(Cl)cnn1CCN(C)C. The third-order valence-corrected chi connectivity index (χ3v) is 3.52. The molecular weight excluding hydrogens is 276 g/mol. The van der Waals surface area contributed by atoms with Crippen molar-refractivity contribution in [1.29, 1.82) is 0 Å². The lowest BCUT2D eigenvalue weighted by atomic mass is 10.0. The number of aliphatic hydroxyl groups is 1. The average Bonchev–Trinajstić information content (AvgIpc) is 2.77. The molecule has 0 saturated carbocycles. The molecule has 2 rings (SSSR count). The Morgan fingerprint density at radius 3 is 2.80 bits per heavy atom. The van der Waals surface area contributed by atoms with E-state index in [2.05, 4.69) is 15.0 Å². The number of pyridine rings is 1. The Balaban J connectivity index is 2.32. The van der Waals surface area contributed by atoms with Gasteiger partial charge in [-0.05, 0) is 32.6 Å². The first-order valence-corrected chi connectivity index (χ1v) is 6.83. The first kappa shape index (κ1) is 15.0. The molecule has 0 aliphatic carbocycles. The maximum atomic E-state index is 10.6. The van der Waals surface area contributed by atoms with Crippen LogP contribution < -0.4 is 0 Å². The topological polar surface area (TPSA) is 54.2 Å². The predicted octanol–water partition coefficient (Wildman–Crippen LogP) is 1.88. The Morgan fingerprint density at radius 1 is 1.40 bits per heavy atom. The summed E-state index contributed by atoms with van der Waals surface area (Å²) in [4.78, 5) is 6.13. The standard InChI is InChI=1S/C14H19ClN4O/c1-10-4-5-16-8-11(10)14(20)13-12(15)9-17-19(13)7-6-18(2)3/h4-5,8-9,14,20H,6-7H2,1-3H3. The van der Waals surface area contributed by atoms with E-state index in [0.29, 0.717) is 17.3 Å². The maximum absolute atomic E-state index is 10.6. The lowest BCUT2D eigenvalue weighted by molar-refractivity contribution is 0.204. The third kappa shape index (κ3) is 3.17. The molecule has 0 aliphatic heterocycles. The van der Waals surface area contributed by atoms with Crippen molar-refractivity contribution in [2.24, 2.45) is 0 Å². The van der Waals surface area contributed by atoms with Gasteiger partial charge in [0.1, 0.15) is 6.10 Å². The zero-order valence-corrected chi connectivity index (χ0v) is 12.7. The molecular formula is C14H19ClN4O. The quantitative estimate of drug-likeness (QED) is 0.915. The number of nitrogens with zero attached hydrogens (tertiary/aromatic N) is 4. The molecule has 20 heavy (non-hydrogen) atoms. The van der Waals surface area contributed by atoms with Crippen molar-refractivity contribution in [3.8, 4) is 0 Å². The highest BCUT2D eigenvalue weighted by atomic mass is 35.5. The Labute approximate surface area is 123 Å². The van der Waals surface area contributed by atoms with Crippen LogP contribution in [0.1, 0.15) is 22.9 Å². The van der Waals surface area contributed by atoms with Crippen LogP contribution in [0.25, 0.3) is 0 Å². The predicted molar refractivity (Wildman–Crippen MR) is 78.8 cm³/mol. The van der Waals surface area contributed by atoms with Gasteiger partial charge in [0.05, 0.1) is 23.5 Å². The molecule has 0 bridgehead atoms. The molecule has 0 aliphatic rings. The number of hydrogen-bond acceptors (Lipinski definition) is 4. The van der Waals surface area contributed by atoms with E-state index in [1.807, 2.05) is 27.1 Å². The number of hydrogen-bond donors (Lipinski definition) is 1. The molecule has 0 aromatic carbocycles. The van der Waals surface area contributed by atoms with Gasteiger partial charge in [-0.1, -0.05) is 11.6 Å². The van der Waals surface area contributed by atoms with Gasteiger partial charge in [-0.25, -0.2) is 0 Å². The summed E-state index contributed by atoms with van der Waals surface area (Å²) in [6.07, 6.45) is 4.12. The van der Waals surface area contributed by atoms with Crippen LogP contribution in [0.5, 0.6) is 0 Å². The minimum Gasteiger partial charge on any atom is -0.382 e. The highest BCUT2D eigenvalue weighted by Crippen LogP contribution is 2.29. The summed E-state index contributed by atoms with van der Waals surface area (Å²) < 4.78 is 1.75. The summed E-state index contributed by atoms with van der Waals surface area (Å²) in [7, 11) is 3.99. The Bertz CT molecular complexity index is 582. The summed E-state index contributed by atoms with van der Waals surface area (Å²) in [6.45, 7) is 3.43. The zero-order chi connectivity index (χ0) is 14.7. The molecule has 0 saturated heterocycles. The van der Waals surface area contributed by atoms with E-state index in [9.17, 15) is 5.11 Å². The normalized spacial score (nSPS) is 12.9. The minimum absolute atomic E-state index is 0.472. The maximum Gasteiger partial charge on any atom is 0.124 e. The average molecular weight is 295 g/mol. The number of halogens is 1. The second-order valence-electron chi connectivity index (χ2n) is 5.04. The smallest absolute Gasteiger partial charge is 0.124 e. The van der Waals surface area contributed by atoms with E-state index in [4.69, 9.17) is 11.6 Å². The number of likely N-dealkylation sites (N-methyl/N-ethyl adjacent to an activating group) is 1. The van der Waals surface area contributed by atoms with Crippen molar-refractivity contribution >= 4 is 11.6 Å². The van der Waals surface area contributed by atoms with Gasteiger partial charge in [0.15, 0.2) is 0 Å². The lowest BCUT2D eigenvalue weighted by Crippen LogP contribution is -2.21. The van der Waals surface area contributed by atoms with Crippen molar-refractivity contribution < 1.29 is 5.11 Å². The summed E-state index contributed by atoms with van der Waals surface area (Å²) in [5.41, 5.74) is 2.34. The summed E-state index contributed by atoms with van der Waals surface area (Å²) >= 11 is 6.18. The molecule has 2 aromatic heterocycles. The molecule has 2 aromatic rings. The van der Waals surface area contributed by atoms with Gasteiger partial charge in [-0.15, -0.1) is 0 Å². The second-order valence-corrected chi connectivity index (χ2v) is 5.45. The number of aryl methyl sites for hydroxylation is 1. The minimum atomic E-state index is -0.819. The van der Waals surface area contributed by atoms with Gasteiger partial charge in [-0.2, -0.15) is 5.10 Å². The molecule has 0 amide bonds. The largest absolute Gasteiger partial charge is 0.382 e. The summed E-state index contributed by atoms with van der Waals surface area (Å²) in [6, 6.07) is 1.87. The van der Waals surface area contributed by atoms with Crippen LogP contribution in [0, 0.1) is 6.92 Å². The van der Waals surface area contributed by atoms with Crippen molar-refractivity contribution in [3.63, 3.8) is 0 Å².